The van der Waals surface area contributed by atoms with Crippen LogP contribution >= 0.6 is 0 Å². The molecular formula is C36H74. The van der Waals surface area contributed by atoms with Gasteiger partial charge < -0.3 is 0 Å². The number of hydrogen-bond acceptors (Lipinski definition) is 0. The molecule has 6 atom stereocenters. The molecule has 0 bridgehead atoms. The lowest BCUT2D eigenvalue weighted by atomic mass is 9.44. The molecule has 0 saturated heterocycles. The van der Waals surface area contributed by atoms with Crippen molar-refractivity contribution in [2.45, 2.75) is 186 Å². The molecule has 0 radical (unpaired) electrons. The molecule has 0 saturated carbocycles. The third-order valence-corrected chi connectivity index (χ3v) is 11.0. The summed E-state index contributed by atoms with van der Waals surface area (Å²) in [6.07, 6.45) is 22.4. The van der Waals surface area contributed by atoms with Crippen molar-refractivity contribution in [2.75, 3.05) is 0 Å². The van der Waals surface area contributed by atoms with E-state index in [9.17, 15) is 0 Å². The summed E-state index contributed by atoms with van der Waals surface area (Å²) in [7, 11) is 0. The zero-order valence-electron chi connectivity index (χ0n) is 27.8. The highest BCUT2D eigenvalue weighted by atomic mass is 14.6. The van der Waals surface area contributed by atoms with Gasteiger partial charge in [0.1, 0.15) is 0 Å². The highest BCUT2D eigenvalue weighted by Gasteiger charge is 2.55. The molecule has 0 aromatic heterocycles. The lowest BCUT2D eigenvalue weighted by molar-refractivity contribution is -0.111. The van der Waals surface area contributed by atoms with Crippen molar-refractivity contribution in [3.8, 4) is 0 Å². The van der Waals surface area contributed by atoms with Gasteiger partial charge in [-0.1, -0.05) is 154 Å². The summed E-state index contributed by atoms with van der Waals surface area (Å²) >= 11 is 0. The van der Waals surface area contributed by atoms with Gasteiger partial charge in [0.15, 0.2) is 0 Å². The first-order valence-corrected chi connectivity index (χ1v) is 17.1. The summed E-state index contributed by atoms with van der Waals surface area (Å²) in [5.41, 5.74) is 0.949. The van der Waals surface area contributed by atoms with Crippen molar-refractivity contribution in [1.82, 2.24) is 0 Å². The summed E-state index contributed by atoms with van der Waals surface area (Å²) < 4.78 is 0. The molecule has 0 N–H and O–H groups in total. The Morgan fingerprint density at radius 1 is 0.556 bits per heavy atom. The van der Waals surface area contributed by atoms with E-state index in [-0.39, 0.29) is 0 Å². The van der Waals surface area contributed by atoms with Crippen LogP contribution < -0.4 is 0 Å². The van der Waals surface area contributed by atoms with Crippen LogP contribution in [-0.2, 0) is 0 Å². The van der Waals surface area contributed by atoms with E-state index in [0.29, 0.717) is 10.8 Å². The molecule has 0 heteroatoms. The average Bonchev–Trinajstić information content (AvgIpc) is 2.85. The van der Waals surface area contributed by atoms with E-state index in [2.05, 4.69) is 83.1 Å². The van der Waals surface area contributed by atoms with Gasteiger partial charge in [0.25, 0.3) is 0 Å². The second-order valence-corrected chi connectivity index (χ2v) is 13.8. The van der Waals surface area contributed by atoms with Crippen LogP contribution in [0.1, 0.15) is 186 Å². The zero-order valence-corrected chi connectivity index (χ0v) is 27.8. The molecule has 0 aromatic rings. The van der Waals surface area contributed by atoms with Gasteiger partial charge in [-0.25, -0.2) is 0 Å². The summed E-state index contributed by atoms with van der Waals surface area (Å²) in [6, 6.07) is 0. The molecule has 0 nitrogen and oxygen atoms in total. The van der Waals surface area contributed by atoms with Crippen LogP contribution in [0.5, 0.6) is 0 Å². The van der Waals surface area contributed by atoms with Gasteiger partial charge in [-0.05, 0) is 78.4 Å². The van der Waals surface area contributed by atoms with Crippen molar-refractivity contribution in [1.29, 1.82) is 0 Å². The summed E-state index contributed by atoms with van der Waals surface area (Å²) in [4.78, 5) is 0. The van der Waals surface area contributed by atoms with Gasteiger partial charge in [-0.15, -0.1) is 0 Å². The molecule has 0 heterocycles. The van der Waals surface area contributed by atoms with E-state index < -0.39 is 0 Å². The monoisotopic (exact) mass is 507 g/mol. The van der Waals surface area contributed by atoms with Crippen LogP contribution in [0.3, 0.4) is 0 Å². The minimum absolute atomic E-state index is 0.473. The van der Waals surface area contributed by atoms with Gasteiger partial charge in [-0.2, -0.15) is 0 Å². The smallest absolute Gasteiger partial charge is 0.0210 e. The van der Waals surface area contributed by atoms with Crippen LogP contribution in [-0.4, -0.2) is 0 Å². The Bertz CT molecular complexity index is 502. The van der Waals surface area contributed by atoms with Gasteiger partial charge in [0.05, 0.1) is 0 Å². The standard InChI is InChI=1S/C36H74/c1-13-21-31(11)27-32(12)36(25-20-23-29(8)9,26-24-30(10)15-3)35(19-7,28-33(16-4)17-5)34(18-6)22-14-2/h29-34H,13-28H2,1-12H3. The van der Waals surface area contributed by atoms with E-state index in [1.807, 2.05) is 0 Å². The van der Waals surface area contributed by atoms with Crippen molar-refractivity contribution < 1.29 is 0 Å². The topological polar surface area (TPSA) is 0 Å². The lowest BCUT2D eigenvalue weighted by Gasteiger charge is -2.60. The summed E-state index contributed by atoms with van der Waals surface area (Å²) in [5.74, 6) is 5.09. The van der Waals surface area contributed by atoms with Gasteiger partial charge in [-0.3, -0.25) is 0 Å². The largest absolute Gasteiger partial charge is 0.0654 e. The van der Waals surface area contributed by atoms with E-state index in [1.54, 1.807) is 0 Å². The Kier molecular flexibility index (Phi) is 19.1. The Labute approximate surface area is 232 Å². The molecule has 0 aliphatic rings. The Hall–Kier alpha value is 0. The maximum Gasteiger partial charge on any atom is -0.0210 e. The molecule has 36 heavy (non-hydrogen) atoms. The molecule has 218 valence electrons. The first kappa shape index (κ1) is 36.0. The molecule has 0 spiro atoms. The quantitative estimate of drug-likeness (QED) is 0.129. The second kappa shape index (κ2) is 19.1. The molecule has 0 fully saturated rings. The highest BCUT2D eigenvalue weighted by molar-refractivity contribution is 5.04. The molecule has 0 aliphatic carbocycles. The minimum atomic E-state index is 0.473. The third-order valence-electron chi connectivity index (χ3n) is 11.0. The minimum Gasteiger partial charge on any atom is -0.0654 e. The van der Waals surface area contributed by atoms with Crippen LogP contribution in [0.15, 0.2) is 0 Å². The Balaban J connectivity index is 7.06. The maximum atomic E-state index is 2.73. The predicted molar refractivity (Wildman–Crippen MR) is 168 cm³/mol. The second-order valence-electron chi connectivity index (χ2n) is 13.8. The van der Waals surface area contributed by atoms with E-state index in [0.717, 1.165) is 35.5 Å². The van der Waals surface area contributed by atoms with Crippen molar-refractivity contribution in [3.63, 3.8) is 0 Å². The normalized spacial score (nSPS) is 19.2. The van der Waals surface area contributed by atoms with Crippen LogP contribution in [0.25, 0.3) is 0 Å². The molecule has 0 rings (SSSR count). The van der Waals surface area contributed by atoms with Gasteiger partial charge in [0, 0.05) is 0 Å². The summed E-state index contributed by atoms with van der Waals surface area (Å²) in [5, 5.41) is 0. The number of hydrogen-bond donors (Lipinski definition) is 0. The van der Waals surface area contributed by atoms with Crippen LogP contribution in [0, 0.1) is 46.3 Å². The number of rotatable bonds is 23. The van der Waals surface area contributed by atoms with E-state index in [1.165, 1.54) is 103 Å². The van der Waals surface area contributed by atoms with Gasteiger partial charge in [0.2, 0.25) is 0 Å². The van der Waals surface area contributed by atoms with E-state index >= 15 is 0 Å². The molecule has 6 unspecified atom stereocenters. The lowest BCUT2D eigenvalue weighted by Crippen LogP contribution is -2.52. The third kappa shape index (κ3) is 10.3. The molecular weight excluding hydrogens is 432 g/mol. The zero-order chi connectivity index (χ0) is 27.8. The summed E-state index contributed by atoms with van der Waals surface area (Å²) in [6.45, 7) is 30.1. The molecule has 0 aromatic carbocycles. The first-order valence-electron chi connectivity index (χ1n) is 17.1. The Morgan fingerprint density at radius 3 is 1.61 bits per heavy atom. The van der Waals surface area contributed by atoms with Gasteiger partial charge >= 0.3 is 0 Å². The molecule has 0 amide bonds. The van der Waals surface area contributed by atoms with Crippen LogP contribution in [0.2, 0.25) is 0 Å². The van der Waals surface area contributed by atoms with Crippen molar-refractivity contribution in [2.24, 2.45) is 46.3 Å². The predicted octanol–water partition coefficient (Wildman–Crippen LogP) is 13.1. The highest BCUT2D eigenvalue weighted by Crippen LogP contribution is 2.64. The van der Waals surface area contributed by atoms with Crippen molar-refractivity contribution in [3.05, 3.63) is 0 Å². The fourth-order valence-electron chi connectivity index (χ4n) is 8.45. The van der Waals surface area contributed by atoms with E-state index in [4.69, 9.17) is 0 Å². The Morgan fingerprint density at radius 2 is 1.17 bits per heavy atom. The fraction of sp³-hybridized carbons (Fsp3) is 1.00. The first-order chi connectivity index (χ1) is 17.1. The molecule has 0 aliphatic heterocycles. The van der Waals surface area contributed by atoms with Crippen molar-refractivity contribution >= 4 is 0 Å². The fourth-order valence-corrected chi connectivity index (χ4v) is 8.45. The average molecular weight is 507 g/mol. The van der Waals surface area contributed by atoms with Crippen LogP contribution in [0.4, 0.5) is 0 Å². The SMILES string of the molecule is CCCC(C)CC(C)C(CCCC(C)C)(CCC(C)CC)C(CC)(CC(CC)CC)C(CC)CCC. The maximum absolute atomic E-state index is 2.73.